The number of likely N-dealkylation sites (N-methyl/N-ethyl adjacent to an activating group) is 1. The van der Waals surface area contributed by atoms with Crippen LogP contribution in [0.1, 0.15) is 25.6 Å². The molecule has 0 saturated carbocycles. The van der Waals surface area contributed by atoms with Gasteiger partial charge < -0.3 is 9.64 Å². The van der Waals surface area contributed by atoms with Gasteiger partial charge in [0, 0.05) is 19.8 Å². The van der Waals surface area contributed by atoms with Crippen molar-refractivity contribution in [1.82, 2.24) is 24.5 Å². The van der Waals surface area contributed by atoms with Gasteiger partial charge in [0.1, 0.15) is 12.2 Å². The van der Waals surface area contributed by atoms with Gasteiger partial charge in [-0.1, -0.05) is 0 Å². The number of hydrogen-bond acceptors (Lipinski definition) is 6. The zero-order chi connectivity index (χ0) is 17.9. The Labute approximate surface area is 138 Å². The zero-order valence-electron chi connectivity index (χ0n) is 14.0. The topological polar surface area (TPSA) is 108 Å². The molecular weight excluding hydrogens is 316 g/mol. The summed E-state index contributed by atoms with van der Waals surface area (Å²) in [5.41, 5.74) is 0.633. The van der Waals surface area contributed by atoms with E-state index in [9.17, 15) is 14.9 Å². The number of nitrogens with zero attached hydrogens (tertiary/aromatic N) is 6. The number of methoxy groups -OCH3 is 1. The van der Waals surface area contributed by atoms with Crippen LogP contribution in [-0.4, -0.2) is 49.4 Å². The number of aryl methyl sites for hydroxylation is 1. The van der Waals surface area contributed by atoms with Crippen LogP contribution < -0.4 is 4.74 Å². The lowest BCUT2D eigenvalue weighted by atomic mass is 10.3. The maximum atomic E-state index is 12.6. The van der Waals surface area contributed by atoms with E-state index >= 15 is 0 Å². The molecule has 0 bridgehead atoms. The molecule has 1 unspecified atom stereocenters. The van der Waals surface area contributed by atoms with Crippen LogP contribution in [-0.2, 0) is 17.9 Å². The second kappa shape index (κ2) is 7.11. The number of hydrogen-bond donors (Lipinski definition) is 0. The van der Waals surface area contributed by atoms with Crippen molar-refractivity contribution in [1.29, 1.82) is 0 Å². The minimum absolute atomic E-state index is 0.119. The second-order valence-electron chi connectivity index (χ2n) is 5.27. The Morgan fingerprint density at radius 1 is 1.54 bits per heavy atom. The molecule has 1 atom stereocenters. The first-order chi connectivity index (χ1) is 11.4. The first kappa shape index (κ1) is 17.4. The number of ether oxygens (including phenoxy) is 1. The summed E-state index contributed by atoms with van der Waals surface area (Å²) in [7, 11) is 2.96. The molecule has 130 valence electrons. The Bertz CT molecular complexity index is 737. The van der Waals surface area contributed by atoms with E-state index in [4.69, 9.17) is 4.74 Å². The Hall–Kier alpha value is -2.91. The zero-order valence-corrected chi connectivity index (χ0v) is 14.0. The first-order valence-electron chi connectivity index (χ1n) is 7.42. The highest BCUT2D eigenvalue weighted by Crippen LogP contribution is 2.26. The van der Waals surface area contributed by atoms with E-state index in [1.54, 1.807) is 24.9 Å². The number of nitro groups is 1. The number of amides is 1. The number of aromatic nitrogens is 4. The van der Waals surface area contributed by atoms with Crippen LogP contribution in [0.4, 0.5) is 5.69 Å². The molecule has 0 aliphatic rings. The number of carbonyl (C=O) groups excluding carboxylic acids is 1. The number of rotatable bonds is 7. The average Bonchev–Trinajstić information content (AvgIpc) is 3.19. The fraction of sp³-hybridized carbons (Fsp3) is 0.500. The summed E-state index contributed by atoms with van der Waals surface area (Å²) in [6.45, 7) is 4.70. The second-order valence-corrected chi connectivity index (χ2v) is 5.27. The van der Waals surface area contributed by atoms with Gasteiger partial charge in [0.05, 0.1) is 24.3 Å². The van der Waals surface area contributed by atoms with Crippen molar-refractivity contribution >= 4 is 11.6 Å². The van der Waals surface area contributed by atoms with Gasteiger partial charge in [-0.2, -0.15) is 5.10 Å². The van der Waals surface area contributed by atoms with Crippen LogP contribution in [0.15, 0.2) is 18.5 Å². The van der Waals surface area contributed by atoms with E-state index in [2.05, 4.69) is 10.2 Å². The van der Waals surface area contributed by atoms with Gasteiger partial charge in [0.15, 0.2) is 0 Å². The summed E-state index contributed by atoms with van der Waals surface area (Å²) < 4.78 is 7.93. The molecule has 0 fully saturated rings. The molecular formula is C14H20N6O4. The molecule has 0 aromatic carbocycles. The molecule has 2 rings (SSSR count). The predicted octanol–water partition coefficient (Wildman–Crippen LogP) is 1.24. The molecule has 10 nitrogen and oxygen atoms in total. The third-order valence-corrected chi connectivity index (χ3v) is 3.70. The lowest BCUT2D eigenvalue weighted by Crippen LogP contribution is -2.33. The Morgan fingerprint density at radius 2 is 2.25 bits per heavy atom. The van der Waals surface area contributed by atoms with E-state index in [0.717, 1.165) is 5.69 Å². The van der Waals surface area contributed by atoms with Gasteiger partial charge in [-0.3, -0.25) is 19.6 Å². The summed E-state index contributed by atoms with van der Waals surface area (Å²) in [6, 6.07) is 1.15. The monoisotopic (exact) mass is 336 g/mol. The van der Waals surface area contributed by atoms with Crippen LogP contribution >= 0.6 is 0 Å². The molecule has 24 heavy (non-hydrogen) atoms. The largest absolute Gasteiger partial charge is 0.475 e. The van der Waals surface area contributed by atoms with E-state index < -0.39 is 11.0 Å². The lowest BCUT2D eigenvalue weighted by Gasteiger charge is -2.21. The van der Waals surface area contributed by atoms with E-state index in [0.29, 0.717) is 13.1 Å². The van der Waals surface area contributed by atoms with Crippen molar-refractivity contribution in [2.24, 2.45) is 0 Å². The minimum atomic E-state index is -0.699. The fourth-order valence-corrected chi connectivity index (χ4v) is 2.37. The SMILES string of the molecule is CCn1nccc1CN(C)C(=O)C(C)n1cc([N+](=O)[O-])c(OC)n1. The van der Waals surface area contributed by atoms with Gasteiger partial charge >= 0.3 is 11.6 Å². The van der Waals surface area contributed by atoms with Crippen LogP contribution in [0.3, 0.4) is 0 Å². The smallest absolute Gasteiger partial charge is 0.350 e. The Balaban J connectivity index is 2.15. The molecule has 10 heteroatoms. The van der Waals surface area contributed by atoms with E-state index in [1.165, 1.54) is 22.9 Å². The number of carbonyl (C=O) groups is 1. The van der Waals surface area contributed by atoms with Gasteiger partial charge in [-0.25, -0.2) is 4.68 Å². The van der Waals surface area contributed by atoms with E-state index in [1.807, 2.05) is 13.0 Å². The summed E-state index contributed by atoms with van der Waals surface area (Å²) in [4.78, 5) is 24.5. The molecule has 0 radical (unpaired) electrons. The molecule has 1 amide bonds. The maximum absolute atomic E-state index is 12.6. The van der Waals surface area contributed by atoms with Gasteiger partial charge in [-0.15, -0.1) is 5.10 Å². The third-order valence-electron chi connectivity index (χ3n) is 3.70. The fourth-order valence-electron chi connectivity index (χ4n) is 2.37. The standard InChI is InChI=1S/C14H20N6O4/c1-5-18-11(6-7-15-18)8-17(3)14(21)10(2)19-9-12(20(22)23)13(16-19)24-4/h6-7,9-10H,5,8H2,1-4H3. The summed E-state index contributed by atoms with van der Waals surface area (Å²) in [5.74, 6) is -0.342. The summed E-state index contributed by atoms with van der Waals surface area (Å²) in [5, 5.41) is 19.1. The molecule has 0 spiro atoms. The van der Waals surface area contributed by atoms with Crippen LogP contribution in [0, 0.1) is 10.1 Å². The van der Waals surface area contributed by atoms with Crippen molar-refractivity contribution in [2.45, 2.75) is 33.0 Å². The maximum Gasteiger partial charge on any atom is 0.350 e. The van der Waals surface area contributed by atoms with Crippen molar-refractivity contribution in [3.05, 3.63) is 34.3 Å². The average molecular weight is 336 g/mol. The van der Waals surface area contributed by atoms with Crippen LogP contribution in [0.2, 0.25) is 0 Å². The van der Waals surface area contributed by atoms with Gasteiger partial charge in [0.2, 0.25) is 5.91 Å². The first-order valence-corrected chi connectivity index (χ1v) is 7.42. The molecule has 0 saturated heterocycles. The van der Waals surface area contributed by atoms with Crippen molar-refractivity contribution in [2.75, 3.05) is 14.2 Å². The molecule has 2 aromatic heterocycles. The van der Waals surface area contributed by atoms with Gasteiger partial charge in [-0.05, 0) is 19.9 Å². The summed E-state index contributed by atoms with van der Waals surface area (Å²) >= 11 is 0. The molecule has 0 aliphatic carbocycles. The lowest BCUT2D eigenvalue weighted by molar-refractivity contribution is -0.385. The van der Waals surface area contributed by atoms with Crippen molar-refractivity contribution in [3.8, 4) is 5.88 Å². The molecule has 2 aromatic rings. The summed E-state index contributed by atoms with van der Waals surface area (Å²) in [6.07, 6.45) is 2.88. The highest BCUT2D eigenvalue weighted by molar-refractivity contribution is 5.79. The Kier molecular flexibility index (Phi) is 5.17. The van der Waals surface area contributed by atoms with Crippen LogP contribution in [0.25, 0.3) is 0 Å². The third kappa shape index (κ3) is 3.36. The highest BCUT2D eigenvalue weighted by Gasteiger charge is 2.27. The van der Waals surface area contributed by atoms with Crippen molar-refractivity contribution in [3.63, 3.8) is 0 Å². The predicted molar refractivity (Wildman–Crippen MR) is 84.5 cm³/mol. The molecule has 0 aliphatic heterocycles. The minimum Gasteiger partial charge on any atom is -0.475 e. The highest BCUT2D eigenvalue weighted by atomic mass is 16.6. The van der Waals surface area contributed by atoms with Crippen LogP contribution in [0.5, 0.6) is 5.88 Å². The normalized spacial score (nSPS) is 12.0. The quantitative estimate of drug-likeness (QED) is 0.556. The Morgan fingerprint density at radius 3 is 2.79 bits per heavy atom. The van der Waals surface area contributed by atoms with E-state index in [-0.39, 0.29) is 17.5 Å². The van der Waals surface area contributed by atoms with Gasteiger partial charge in [0.25, 0.3) is 0 Å². The van der Waals surface area contributed by atoms with Crippen molar-refractivity contribution < 1.29 is 14.5 Å². The molecule has 0 N–H and O–H groups in total. The molecule has 2 heterocycles.